The summed E-state index contributed by atoms with van der Waals surface area (Å²) in [6.45, 7) is 1.50. The standard InChI is InChI=1S/C48H34N6O2/c55-47-49-31-39-15-7-35(8-16-39)23-27-43-3-1-4-44(53-43)28-24-36-9-17-40(18-10-36)32-50-48(56)52-34-42-21-13-38(14-22-42)26-30-46-6-2-5-45(54-46)29-25-37-11-19-41(20-12-37)33-51-47/h1-22H,31-34H2,(H2,49,51,55)(H2,50,52,56). The van der Waals surface area contributed by atoms with Gasteiger partial charge in [0.25, 0.3) is 0 Å². The molecular weight excluding hydrogens is 693 g/mol. The molecule has 12 bridgehead atoms. The smallest absolute Gasteiger partial charge is 0.315 e. The highest BCUT2D eigenvalue weighted by Crippen LogP contribution is 2.09. The van der Waals surface area contributed by atoms with Gasteiger partial charge in [-0.1, -0.05) is 84.3 Å². The third-order valence-electron chi connectivity index (χ3n) is 8.47. The van der Waals surface area contributed by atoms with E-state index in [9.17, 15) is 9.59 Å². The molecule has 0 radical (unpaired) electrons. The number of rotatable bonds is 0. The maximum absolute atomic E-state index is 12.5. The lowest BCUT2D eigenvalue weighted by Gasteiger charge is -2.08. The van der Waals surface area contributed by atoms with Crippen molar-refractivity contribution in [2.75, 3.05) is 0 Å². The Morgan fingerprint density at radius 1 is 0.321 bits per heavy atom. The van der Waals surface area contributed by atoms with E-state index in [4.69, 9.17) is 0 Å². The Balaban J connectivity index is 1.05. The van der Waals surface area contributed by atoms with Crippen LogP contribution in [0.2, 0.25) is 0 Å². The average molecular weight is 727 g/mol. The Morgan fingerprint density at radius 2 is 0.554 bits per heavy atom. The second-order valence-corrected chi connectivity index (χ2v) is 12.7. The van der Waals surface area contributed by atoms with Gasteiger partial charge in [0.05, 0.1) is 0 Å². The van der Waals surface area contributed by atoms with Crippen molar-refractivity contribution in [1.82, 2.24) is 31.2 Å². The summed E-state index contributed by atoms with van der Waals surface area (Å²) < 4.78 is 0. The van der Waals surface area contributed by atoms with Crippen molar-refractivity contribution in [2.24, 2.45) is 0 Å². The number of amides is 4. The molecule has 4 N–H and O–H groups in total. The number of carbonyl (C=O) groups is 2. The molecule has 4 amide bonds. The van der Waals surface area contributed by atoms with E-state index in [1.54, 1.807) is 0 Å². The van der Waals surface area contributed by atoms with Crippen LogP contribution in [0.4, 0.5) is 9.59 Å². The van der Waals surface area contributed by atoms with Crippen molar-refractivity contribution >= 4 is 12.1 Å². The van der Waals surface area contributed by atoms with E-state index >= 15 is 0 Å². The lowest BCUT2D eigenvalue weighted by Crippen LogP contribution is -2.34. The van der Waals surface area contributed by atoms with Gasteiger partial charge < -0.3 is 21.3 Å². The number of nitrogens with zero attached hydrogens (tertiary/aromatic N) is 2. The normalized spacial score (nSPS) is 12.6. The third-order valence-corrected chi connectivity index (χ3v) is 8.47. The Kier molecular flexibility index (Phi) is 11.8. The zero-order valence-corrected chi connectivity index (χ0v) is 30.2. The molecule has 4 aromatic carbocycles. The van der Waals surface area contributed by atoms with Crippen molar-refractivity contribution in [2.45, 2.75) is 26.2 Å². The van der Waals surface area contributed by atoms with Gasteiger partial charge in [0.1, 0.15) is 22.8 Å². The van der Waals surface area contributed by atoms with Crippen LogP contribution in [0.25, 0.3) is 0 Å². The van der Waals surface area contributed by atoms with Crippen LogP contribution in [0.1, 0.15) is 67.3 Å². The summed E-state index contributed by atoms with van der Waals surface area (Å²) in [4.78, 5) is 34.2. The highest BCUT2D eigenvalue weighted by molar-refractivity contribution is 5.74. The highest BCUT2D eigenvalue weighted by Gasteiger charge is 2.04. The van der Waals surface area contributed by atoms with Gasteiger partial charge in [-0.25, -0.2) is 19.6 Å². The van der Waals surface area contributed by atoms with Crippen LogP contribution in [-0.4, -0.2) is 22.0 Å². The molecule has 0 aliphatic carbocycles. The minimum absolute atomic E-state index is 0.262. The Hall–Kier alpha value is -8.04. The molecule has 0 fully saturated rings. The lowest BCUT2D eigenvalue weighted by molar-refractivity contribution is 0.239. The van der Waals surface area contributed by atoms with Crippen molar-refractivity contribution in [3.63, 3.8) is 0 Å². The predicted octanol–water partition coefficient (Wildman–Crippen LogP) is 6.39. The largest absolute Gasteiger partial charge is 0.334 e. The molecule has 6 aromatic rings. The van der Waals surface area contributed by atoms with E-state index in [0.717, 1.165) is 44.5 Å². The summed E-state index contributed by atoms with van der Waals surface area (Å²) in [7, 11) is 0. The van der Waals surface area contributed by atoms with Gasteiger partial charge in [0.2, 0.25) is 0 Å². The van der Waals surface area contributed by atoms with Gasteiger partial charge in [-0.15, -0.1) is 0 Å². The first kappa shape index (κ1) is 36.3. The van der Waals surface area contributed by atoms with Gasteiger partial charge in [0, 0.05) is 48.4 Å². The fourth-order valence-corrected chi connectivity index (χ4v) is 5.37. The van der Waals surface area contributed by atoms with Gasteiger partial charge in [-0.3, -0.25) is 0 Å². The monoisotopic (exact) mass is 726 g/mol. The first-order valence-electron chi connectivity index (χ1n) is 17.9. The fourth-order valence-electron chi connectivity index (χ4n) is 5.37. The Morgan fingerprint density at radius 3 is 0.786 bits per heavy atom. The average Bonchev–Trinajstić information content (AvgIpc) is 3.24. The van der Waals surface area contributed by atoms with Crippen molar-refractivity contribution in [3.05, 3.63) is 201 Å². The minimum atomic E-state index is -0.262. The minimum Gasteiger partial charge on any atom is -0.334 e. The van der Waals surface area contributed by atoms with E-state index < -0.39 is 0 Å². The summed E-state index contributed by atoms with van der Waals surface area (Å²) in [5.41, 5.74) is 9.56. The summed E-state index contributed by atoms with van der Waals surface area (Å²) >= 11 is 0. The number of urea groups is 2. The van der Waals surface area contributed by atoms with Gasteiger partial charge in [-0.2, -0.15) is 0 Å². The molecule has 8 heteroatoms. The molecule has 0 atom stereocenters. The number of hydrogen-bond donors (Lipinski definition) is 4. The fraction of sp³-hybridized carbons (Fsp3) is 0.0833. The summed E-state index contributed by atoms with van der Waals surface area (Å²) in [6, 6.07) is 41.4. The molecule has 7 aliphatic rings. The van der Waals surface area contributed by atoms with E-state index in [1.807, 2.05) is 133 Å². The molecule has 56 heavy (non-hydrogen) atoms. The number of carbonyl (C=O) groups excluding carboxylic acids is 2. The molecule has 0 saturated carbocycles. The van der Waals surface area contributed by atoms with Crippen molar-refractivity contribution < 1.29 is 9.59 Å². The van der Waals surface area contributed by atoms with Crippen LogP contribution in [0, 0.1) is 47.4 Å². The number of aromatic nitrogens is 2. The molecule has 7 aliphatic heterocycles. The van der Waals surface area contributed by atoms with E-state index in [2.05, 4.69) is 78.6 Å². The number of pyridine rings is 2. The SMILES string of the molecule is O=C1NCc2ccc(cc2)C#Cc2cccc(n2)C#Cc2ccc(cc2)CNC(=O)NCc2ccc(cc2)C#Cc2cccc(n2)C#Cc2ccc(cc2)CN1. The van der Waals surface area contributed by atoms with E-state index in [0.29, 0.717) is 49.0 Å². The van der Waals surface area contributed by atoms with Gasteiger partial charge >= 0.3 is 12.1 Å². The predicted molar refractivity (Wildman–Crippen MR) is 216 cm³/mol. The quantitative estimate of drug-likeness (QED) is 0.136. The second kappa shape index (κ2) is 18.1. The number of nitrogens with one attached hydrogen (secondary N) is 4. The van der Waals surface area contributed by atoms with Crippen LogP contribution in [0.5, 0.6) is 0 Å². The molecule has 268 valence electrons. The van der Waals surface area contributed by atoms with Crippen LogP contribution in [0.15, 0.2) is 133 Å². The Labute approximate surface area is 326 Å². The first-order valence-corrected chi connectivity index (χ1v) is 17.9. The van der Waals surface area contributed by atoms with Crippen molar-refractivity contribution in [3.8, 4) is 47.4 Å². The number of hydrogen-bond acceptors (Lipinski definition) is 4. The zero-order valence-electron chi connectivity index (χ0n) is 30.2. The van der Waals surface area contributed by atoms with E-state index in [1.165, 1.54) is 0 Å². The van der Waals surface area contributed by atoms with Gasteiger partial charge in [-0.05, 0) is 119 Å². The third kappa shape index (κ3) is 11.0. The van der Waals surface area contributed by atoms with Crippen LogP contribution < -0.4 is 21.3 Å². The first-order chi connectivity index (χ1) is 27.5. The van der Waals surface area contributed by atoms with Crippen LogP contribution in [-0.2, 0) is 26.2 Å². The lowest BCUT2D eigenvalue weighted by atomic mass is 10.1. The molecule has 9 heterocycles. The molecule has 0 unspecified atom stereocenters. The second-order valence-electron chi connectivity index (χ2n) is 12.7. The molecule has 13 rings (SSSR count). The summed E-state index contributed by atoms with van der Waals surface area (Å²) in [6.07, 6.45) is 0. The molecule has 2 aromatic heterocycles. The molecule has 8 nitrogen and oxygen atoms in total. The van der Waals surface area contributed by atoms with Crippen LogP contribution >= 0.6 is 0 Å². The maximum atomic E-state index is 12.5. The topological polar surface area (TPSA) is 108 Å². The zero-order chi connectivity index (χ0) is 38.4. The molecular formula is C48H34N6O2. The molecule has 0 saturated heterocycles. The summed E-state index contributed by atoms with van der Waals surface area (Å²) in [5, 5.41) is 11.6. The Bertz CT molecular complexity index is 2260. The van der Waals surface area contributed by atoms with Gasteiger partial charge in [0.15, 0.2) is 0 Å². The maximum Gasteiger partial charge on any atom is 0.315 e. The molecule has 0 spiro atoms. The number of benzene rings is 4. The highest BCUT2D eigenvalue weighted by atomic mass is 16.2. The van der Waals surface area contributed by atoms with E-state index in [-0.39, 0.29) is 12.1 Å². The summed E-state index contributed by atoms with van der Waals surface area (Å²) in [5.74, 6) is 25.0. The van der Waals surface area contributed by atoms with Crippen molar-refractivity contribution in [1.29, 1.82) is 0 Å². The van der Waals surface area contributed by atoms with Crippen LogP contribution in [0.3, 0.4) is 0 Å².